The Balaban J connectivity index is 1.40. The molecule has 0 spiro atoms. The van der Waals surface area contributed by atoms with Crippen LogP contribution in [0.15, 0.2) is 36.4 Å². The van der Waals surface area contributed by atoms with Crippen LogP contribution < -0.4 is 14.9 Å². The quantitative estimate of drug-likeness (QED) is 0.637. The van der Waals surface area contributed by atoms with Crippen LogP contribution in [0.4, 0.5) is 11.4 Å². The molecule has 9 heteroatoms. The number of anilines is 2. The number of morpholine rings is 1. The molecule has 2 heterocycles. The minimum Gasteiger partial charge on any atom is -0.378 e. The predicted octanol–water partition coefficient (Wildman–Crippen LogP) is 4.13. The number of amides is 1. The van der Waals surface area contributed by atoms with Crippen molar-refractivity contribution in [2.75, 3.05) is 36.5 Å². The van der Waals surface area contributed by atoms with Crippen LogP contribution in [0, 0.1) is 5.41 Å². The second kappa shape index (κ2) is 8.73. The largest absolute Gasteiger partial charge is 0.378 e. The van der Waals surface area contributed by atoms with Gasteiger partial charge < -0.3 is 15.0 Å². The molecule has 34 heavy (non-hydrogen) atoms. The number of nitrogens with one attached hydrogen (secondary N) is 2. The molecule has 2 aliphatic heterocycles. The summed E-state index contributed by atoms with van der Waals surface area (Å²) in [4.78, 5) is 14.9. The van der Waals surface area contributed by atoms with Gasteiger partial charge in [-0.15, -0.1) is 0 Å². The van der Waals surface area contributed by atoms with Crippen molar-refractivity contribution in [1.82, 2.24) is 4.72 Å². The molecule has 182 valence electrons. The molecule has 2 aromatic rings. The number of hydrogen-bond acceptors (Lipinski definition) is 6. The van der Waals surface area contributed by atoms with Gasteiger partial charge in [0.2, 0.25) is 10.0 Å². The van der Waals surface area contributed by atoms with Gasteiger partial charge in [0.25, 0.3) is 5.91 Å². The molecule has 1 saturated carbocycles. The molecular formula is C25H30ClN3O4S. The Morgan fingerprint density at radius 1 is 1.15 bits per heavy atom. The molecule has 2 N–H and O–H groups in total. The second-order valence-corrected chi connectivity index (χ2v) is 12.5. The Bertz CT molecular complexity index is 1220. The molecule has 0 aromatic heterocycles. The lowest BCUT2D eigenvalue weighted by Crippen LogP contribution is -2.37. The van der Waals surface area contributed by atoms with Crippen molar-refractivity contribution in [3.8, 4) is 0 Å². The summed E-state index contributed by atoms with van der Waals surface area (Å²) in [6, 6.07) is 11.6. The summed E-state index contributed by atoms with van der Waals surface area (Å²) in [5.41, 5.74) is 4.33. The lowest BCUT2D eigenvalue weighted by atomic mass is 9.72. The molecule has 1 saturated heterocycles. The molecule has 5 rings (SSSR count). The van der Waals surface area contributed by atoms with Gasteiger partial charge in [0.05, 0.1) is 24.5 Å². The van der Waals surface area contributed by atoms with Gasteiger partial charge in [0.1, 0.15) is 0 Å². The third-order valence-electron chi connectivity index (χ3n) is 6.91. The third-order valence-corrected chi connectivity index (χ3v) is 8.94. The van der Waals surface area contributed by atoms with E-state index in [-0.39, 0.29) is 11.5 Å². The standard InChI is InChI=1S/C25H30ClN3O4S/c1-25(2)15-18-11-16(24(30)28-34(31,32)21-4-5-21)3-6-22(18)27-23(25)17-12-19(26)14-20(13-17)29-7-9-33-10-8-29/h3,6,11-14,21,23,27H,4-5,7-10,15H2,1-2H3,(H,28,30). The highest BCUT2D eigenvalue weighted by molar-refractivity contribution is 7.91. The fourth-order valence-electron chi connectivity index (χ4n) is 4.92. The lowest BCUT2D eigenvalue weighted by molar-refractivity contribution is 0.0981. The van der Waals surface area contributed by atoms with E-state index in [1.807, 2.05) is 18.2 Å². The Labute approximate surface area is 205 Å². The van der Waals surface area contributed by atoms with E-state index < -0.39 is 21.2 Å². The van der Waals surface area contributed by atoms with Crippen molar-refractivity contribution < 1.29 is 17.9 Å². The van der Waals surface area contributed by atoms with Gasteiger partial charge >= 0.3 is 0 Å². The zero-order valence-electron chi connectivity index (χ0n) is 19.4. The van der Waals surface area contributed by atoms with Crippen LogP contribution in [0.1, 0.15) is 54.2 Å². The highest BCUT2D eigenvalue weighted by atomic mass is 35.5. The normalized spacial score (nSPS) is 22.0. The van der Waals surface area contributed by atoms with E-state index in [1.54, 1.807) is 12.1 Å². The third kappa shape index (κ3) is 4.76. The summed E-state index contributed by atoms with van der Waals surface area (Å²) in [7, 11) is -3.58. The van der Waals surface area contributed by atoms with Crippen molar-refractivity contribution in [2.45, 2.75) is 44.4 Å². The number of sulfonamides is 1. The van der Waals surface area contributed by atoms with E-state index in [1.165, 1.54) is 0 Å². The van der Waals surface area contributed by atoms with Crippen LogP contribution in [-0.2, 0) is 21.2 Å². The van der Waals surface area contributed by atoms with E-state index in [4.69, 9.17) is 16.3 Å². The molecule has 2 aromatic carbocycles. The van der Waals surface area contributed by atoms with Gasteiger partial charge in [0, 0.05) is 35.1 Å². The average molecular weight is 504 g/mol. The molecular weight excluding hydrogens is 474 g/mol. The molecule has 1 unspecified atom stereocenters. The molecule has 1 aliphatic carbocycles. The van der Waals surface area contributed by atoms with E-state index >= 15 is 0 Å². The number of ether oxygens (including phenoxy) is 1. The van der Waals surface area contributed by atoms with Crippen LogP contribution >= 0.6 is 11.6 Å². The van der Waals surface area contributed by atoms with Gasteiger partial charge in [-0.25, -0.2) is 13.1 Å². The molecule has 2 fully saturated rings. The average Bonchev–Trinajstić information content (AvgIpc) is 3.64. The van der Waals surface area contributed by atoms with Gasteiger partial charge in [-0.2, -0.15) is 0 Å². The first-order valence-electron chi connectivity index (χ1n) is 11.7. The minimum atomic E-state index is -3.58. The first-order valence-corrected chi connectivity index (χ1v) is 13.6. The van der Waals surface area contributed by atoms with E-state index in [0.717, 1.165) is 42.0 Å². The summed E-state index contributed by atoms with van der Waals surface area (Å²) < 4.78 is 32.1. The number of halogens is 1. The number of rotatable bonds is 5. The maximum absolute atomic E-state index is 12.6. The van der Waals surface area contributed by atoms with Crippen LogP contribution in [0.3, 0.4) is 0 Å². The first kappa shape index (κ1) is 23.5. The monoisotopic (exact) mass is 503 g/mol. The number of benzene rings is 2. The number of hydrogen-bond donors (Lipinski definition) is 2. The fourth-order valence-corrected chi connectivity index (χ4v) is 6.45. The highest BCUT2D eigenvalue weighted by Gasteiger charge is 2.38. The van der Waals surface area contributed by atoms with Crippen LogP contribution in [-0.4, -0.2) is 45.9 Å². The summed E-state index contributed by atoms with van der Waals surface area (Å²) in [5.74, 6) is -0.570. The van der Waals surface area contributed by atoms with E-state index in [9.17, 15) is 13.2 Å². The summed E-state index contributed by atoms with van der Waals surface area (Å²) >= 11 is 6.54. The molecule has 3 aliphatic rings. The Morgan fingerprint density at radius 3 is 2.59 bits per heavy atom. The smallest absolute Gasteiger partial charge is 0.264 e. The maximum Gasteiger partial charge on any atom is 0.264 e. The van der Waals surface area contributed by atoms with Gasteiger partial charge in [-0.3, -0.25) is 4.79 Å². The van der Waals surface area contributed by atoms with Crippen LogP contribution in [0.2, 0.25) is 5.02 Å². The number of carbonyl (C=O) groups excluding carboxylic acids is 1. The summed E-state index contributed by atoms with van der Waals surface area (Å²) in [6.45, 7) is 7.47. The van der Waals surface area contributed by atoms with Gasteiger partial charge in [-0.1, -0.05) is 25.4 Å². The SMILES string of the molecule is CC1(C)Cc2cc(C(=O)NS(=O)(=O)C3CC3)ccc2NC1c1cc(Cl)cc(N2CCOCC2)c1. The molecule has 0 radical (unpaired) electrons. The van der Waals surface area contributed by atoms with Crippen LogP contribution in [0.25, 0.3) is 0 Å². The molecule has 7 nitrogen and oxygen atoms in total. The molecule has 1 amide bonds. The second-order valence-electron chi connectivity index (χ2n) is 10.1. The zero-order chi connectivity index (χ0) is 24.1. The first-order chi connectivity index (χ1) is 16.1. The minimum absolute atomic E-state index is 0.0217. The fraction of sp³-hybridized carbons (Fsp3) is 0.480. The topological polar surface area (TPSA) is 87.7 Å². The van der Waals surface area contributed by atoms with Crippen molar-refractivity contribution >= 4 is 38.9 Å². The molecule has 1 atom stereocenters. The summed E-state index contributed by atoms with van der Waals surface area (Å²) in [6.07, 6.45) is 1.96. The predicted molar refractivity (Wildman–Crippen MR) is 134 cm³/mol. The van der Waals surface area contributed by atoms with Crippen molar-refractivity contribution in [2.24, 2.45) is 5.41 Å². The van der Waals surface area contributed by atoms with Gasteiger partial charge in [-0.05, 0) is 72.2 Å². The highest BCUT2D eigenvalue weighted by Crippen LogP contribution is 2.46. The van der Waals surface area contributed by atoms with Crippen molar-refractivity contribution in [1.29, 1.82) is 0 Å². The van der Waals surface area contributed by atoms with Crippen LogP contribution in [0.5, 0.6) is 0 Å². The lowest BCUT2D eigenvalue weighted by Gasteiger charge is -2.42. The molecule has 0 bridgehead atoms. The van der Waals surface area contributed by atoms with E-state index in [2.05, 4.69) is 34.9 Å². The van der Waals surface area contributed by atoms with Crippen molar-refractivity contribution in [3.63, 3.8) is 0 Å². The Hall–Kier alpha value is -2.29. The number of fused-ring (bicyclic) bond motifs is 1. The Kier molecular flexibility index (Phi) is 6.02. The number of nitrogens with zero attached hydrogens (tertiary/aromatic N) is 1. The maximum atomic E-state index is 12.6. The summed E-state index contributed by atoms with van der Waals surface area (Å²) in [5, 5.41) is 3.92. The van der Waals surface area contributed by atoms with E-state index in [0.29, 0.717) is 36.6 Å². The number of carbonyl (C=O) groups is 1. The van der Waals surface area contributed by atoms with Gasteiger partial charge in [0.15, 0.2) is 0 Å². The Morgan fingerprint density at radius 2 is 1.88 bits per heavy atom. The van der Waals surface area contributed by atoms with Crippen molar-refractivity contribution in [3.05, 3.63) is 58.1 Å². The zero-order valence-corrected chi connectivity index (χ0v) is 21.0.